The smallest absolute Gasteiger partial charge is 0.219 e. The van der Waals surface area contributed by atoms with E-state index in [1.807, 2.05) is 0 Å². The summed E-state index contributed by atoms with van der Waals surface area (Å²) >= 11 is 0. The maximum atomic E-state index is 11.2. The van der Waals surface area contributed by atoms with Crippen LogP contribution in [0.1, 0.15) is 143 Å². The largest absolute Gasteiger partial charge is 0.396 e. The number of hydrogen-bond donors (Lipinski definition) is 2. The fourth-order valence-corrected chi connectivity index (χ4v) is 3.20. The van der Waals surface area contributed by atoms with Crippen LogP contribution in [0.3, 0.4) is 0 Å². The average molecular weight is 400 g/mol. The van der Waals surface area contributed by atoms with Crippen LogP contribution < -0.4 is 5.32 Å². The molecule has 0 aliphatic carbocycles. The lowest BCUT2D eigenvalue weighted by Gasteiger charge is -2.03. The summed E-state index contributed by atoms with van der Waals surface area (Å²) in [6.07, 6.45) is 24.5. The van der Waals surface area contributed by atoms with E-state index < -0.39 is 0 Å². The van der Waals surface area contributed by atoms with Crippen LogP contribution in [0.25, 0.3) is 0 Å². The molecule has 0 aromatic heterocycles. The highest BCUT2D eigenvalue weighted by atomic mass is 16.3. The first-order valence-electron chi connectivity index (χ1n) is 12.6. The van der Waals surface area contributed by atoms with Crippen LogP contribution in [0.15, 0.2) is 0 Å². The lowest BCUT2D eigenvalue weighted by Crippen LogP contribution is -2.24. The molecule has 0 radical (unpaired) electrons. The maximum Gasteiger partial charge on any atom is 0.219 e. The average Bonchev–Trinajstić information content (AvgIpc) is 2.70. The SMILES string of the molecule is CCCCCCCCC(=O)NCCCO.CCCCCCCCCCCCC. The van der Waals surface area contributed by atoms with Gasteiger partial charge in [0.05, 0.1) is 0 Å². The zero-order chi connectivity index (χ0) is 21.1. The van der Waals surface area contributed by atoms with E-state index in [2.05, 4.69) is 26.1 Å². The van der Waals surface area contributed by atoms with Crippen LogP contribution in [0.5, 0.6) is 0 Å². The summed E-state index contributed by atoms with van der Waals surface area (Å²) in [7, 11) is 0. The molecule has 28 heavy (non-hydrogen) atoms. The number of aliphatic hydroxyl groups is 1. The van der Waals surface area contributed by atoms with E-state index in [0.717, 1.165) is 12.8 Å². The Hall–Kier alpha value is -0.570. The Morgan fingerprint density at radius 3 is 1.29 bits per heavy atom. The van der Waals surface area contributed by atoms with E-state index in [1.165, 1.54) is 96.3 Å². The lowest BCUT2D eigenvalue weighted by atomic mass is 10.1. The minimum Gasteiger partial charge on any atom is -0.396 e. The van der Waals surface area contributed by atoms with E-state index >= 15 is 0 Å². The molecule has 0 aromatic rings. The van der Waals surface area contributed by atoms with Crippen molar-refractivity contribution < 1.29 is 9.90 Å². The van der Waals surface area contributed by atoms with Gasteiger partial charge in [0, 0.05) is 19.6 Å². The Kier molecular flexibility index (Phi) is 30.3. The van der Waals surface area contributed by atoms with E-state index in [0.29, 0.717) is 19.4 Å². The Morgan fingerprint density at radius 2 is 0.929 bits per heavy atom. The van der Waals surface area contributed by atoms with E-state index in [-0.39, 0.29) is 12.5 Å². The first-order chi connectivity index (χ1) is 13.7. The van der Waals surface area contributed by atoms with Crippen LogP contribution in [0.4, 0.5) is 0 Å². The van der Waals surface area contributed by atoms with Gasteiger partial charge in [0.1, 0.15) is 0 Å². The number of amides is 1. The van der Waals surface area contributed by atoms with Crippen molar-refractivity contribution in [3.63, 3.8) is 0 Å². The number of unbranched alkanes of at least 4 members (excludes halogenated alkanes) is 15. The van der Waals surface area contributed by atoms with Gasteiger partial charge < -0.3 is 10.4 Å². The van der Waals surface area contributed by atoms with Gasteiger partial charge in [0.25, 0.3) is 0 Å². The number of carbonyl (C=O) groups is 1. The van der Waals surface area contributed by atoms with Gasteiger partial charge in [-0.3, -0.25) is 4.79 Å². The second-order valence-corrected chi connectivity index (χ2v) is 8.13. The summed E-state index contributed by atoms with van der Waals surface area (Å²) in [5, 5.41) is 11.3. The molecule has 0 aromatic carbocycles. The molecular weight excluding hydrogens is 346 g/mol. The van der Waals surface area contributed by atoms with E-state index in [4.69, 9.17) is 5.11 Å². The molecule has 170 valence electrons. The molecule has 3 heteroatoms. The van der Waals surface area contributed by atoms with Crippen molar-refractivity contribution in [3.05, 3.63) is 0 Å². The second kappa shape index (κ2) is 28.6. The highest BCUT2D eigenvalue weighted by molar-refractivity contribution is 5.75. The highest BCUT2D eigenvalue weighted by Crippen LogP contribution is 2.10. The third-order valence-electron chi connectivity index (χ3n) is 5.12. The Labute approximate surface area is 177 Å². The molecule has 0 unspecified atom stereocenters. The van der Waals surface area contributed by atoms with Gasteiger partial charge in [0.2, 0.25) is 5.91 Å². The number of rotatable bonds is 20. The summed E-state index contributed by atoms with van der Waals surface area (Å²) < 4.78 is 0. The summed E-state index contributed by atoms with van der Waals surface area (Å²) in [5.74, 6) is 0.124. The zero-order valence-electron chi connectivity index (χ0n) is 19.7. The van der Waals surface area contributed by atoms with Crippen LogP contribution in [0.2, 0.25) is 0 Å². The first-order valence-corrected chi connectivity index (χ1v) is 12.6. The fraction of sp³-hybridized carbons (Fsp3) is 0.960. The minimum absolute atomic E-state index is 0.124. The standard InChI is InChI=1S/C13H28.C12H25NO2/c1-3-5-7-9-11-13-12-10-8-6-4-2;1-2-3-4-5-6-7-9-12(15)13-10-8-11-14/h3-13H2,1-2H3;14H,2-11H2,1H3,(H,13,15). The highest BCUT2D eigenvalue weighted by Gasteiger charge is 1.99. The molecule has 0 fully saturated rings. The predicted molar refractivity (Wildman–Crippen MR) is 125 cm³/mol. The van der Waals surface area contributed by atoms with Crippen molar-refractivity contribution in [2.75, 3.05) is 13.2 Å². The molecule has 0 rings (SSSR count). The third kappa shape index (κ3) is 30.2. The number of hydrogen-bond acceptors (Lipinski definition) is 2. The lowest BCUT2D eigenvalue weighted by molar-refractivity contribution is -0.121. The van der Waals surface area contributed by atoms with Crippen molar-refractivity contribution in [2.24, 2.45) is 0 Å². The van der Waals surface area contributed by atoms with Crippen LogP contribution in [-0.4, -0.2) is 24.2 Å². The van der Waals surface area contributed by atoms with Gasteiger partial charge >= 0.3 is 0 Å². The van der Waals surface area contributed by atoms with Crippen molar-refractivity contribution in [1.29, 1.82) is 0 Å². The third-order valence-corrected chi connectivity index (χ3v) is 5.12. The Bertz CT molecular complexity index is 272. The van der Waals surface area contributed by atoms with Gasteiger partial charge in [-0.2, -0.15) is 0 Å². The van der Waals surface area contributed by atoms with Gasteiger partial charge in [-0.1, -0.05) is 124 Å². The summed E-state index contributed by atoms with van der Waals surface area (Å²) in [6.45, 7) is 7.52. The van der Waals surface area contributed by atoms with Crippen molar-refractivity contribution in [1.82, 2.24) is 5.32 Å². The molecule has 0 heterocycles. The number of carbonyl (C=O) groups excluding carboxylic acids is 1. The normalized spacial score (nSPS) is 10.4. The topological polar surface area (TPSA) is 49.3 Å². The molecule has 0 atom stereocenters. The molecular formula is C25H53NO2. The summed E-state index contributed by atoms with van der Waals surface area (Å²) in [6, 6.07) is 0. The molecule has 2 N–H and O–H groups in total. The quantitative estimate of drug-likeness (QED) is 0.208. The second-order valence-electron chi connectivity index (χ2n) is 8.13. The summed E-state index contributed by atoms with van der Waals surface area (Å²) in [5.41, 5.74) is 0. The van der Waals surface area contributed by atoms with Crippen LogP contribution in [0, 0.1) is 0 Å². The fourth-order valence-electron chi connectivity index (χ4n) is 3.20. The van der Waals surface area contributed by atoms with Crippen molar-refractivity contribution in [2.45, 2.75) is 143 Å². The molecule has 1 amide bonds. The monoisotopic (exact) mass is 399 g/mol. The maximum absolute atomic E-state index is 11.2. The first kappa shape index (κ1) is 29.6. The minimum atomic E-state index is 0.124. The van der Waals surface area contributed by atoms with Crippen LogP contribution >= 0.6 is 0 Å². The van der Waals surface area contributed by atoms with Crippen molar-refractivity contribution >= 4 is 5.91 Å². The van der Waals surface area contributed by atoms with Crippen molar-refractivity contribution in [3.8, 4) is 0 Å². The molecule has 0 saturated heterocycles. The van der Waals surface area contributed by atoms with Gasteiger partial charge in [-0.05, 0) is 12.8 Å². The van der Waals surface area contributed by atoms with E-state index in [1.54, 1.807) is 0 Å². The predicted octanol–water partition coefficient (Wildman–Crippen LogP) is 7.55. The molecule has 3 nitrogen and oxygen atoms in total. The molecule has 0 aliphatic heterocycles. The summed E-state index contributed by atoms with van der Waals surface area (Å²) in [4.78, 5) is 11.2. The van der Waals surface area contributed by atoms with E-state index in [9.17, 15) is 4.79 Å². The zero-order valence-corrected chi connectivity index (χ0v) is 19.7. The molecule has 0 spiro atoms. The van der Waals surface area contributed by atoms with Gasteiger partial charge in [0.15, 0.2) is 0 Å². The molecule has 0 bridgehead atoms. The number of nitrogens with one attached hydrogen (secondary N) is 1. The molecule has 0 aliphatic rings. The van der Waals surface area contributed by atoms with Crippen LogP contribution in [-0.2, 0) is 4.79 Å². The number of aliphatic hydroxyl groups excluding tert-OH is 1. The Morgan fingerprint density at radius 1 is 0.571 bits per heavy atom. The van der Waals surface area contributed by atoms with Gasteiger partial charge in [-0.25, -0.2) is 0 Å². The Balaban J connectivity index is 0. The van der Waals surface area contributed by atoms with Gasteiger partial charge in [-0.15, -0.1) is 0 Å². The molecule has 0 saturated carbocycles.